The molecule has 0 aliphatic rings. The number of aryl methyl sites for hydroxylation is 2. The van der Waals surface area contributed by atoms with Crippen LogP contribution in [0.5, 0.6) is 0 Å². The van der Waals surface area contributed by atoms with Crippen LogP contribution in [0, 0.1) is 6.92 Å². The second kappa shape index (κ2) is 7.24. The highest BCUT2D eigenvalue weighted by molar-refractivity contribution is 6.31. The average Bonchev–Trinajstić information content (AvgIpc) is 2.61. The molecule has 5 heteroatoms. The van der Waals surface area contributed by atoms with E-state index in [1.54, 1.807) is 0 Å². The van der Waals surface area contributed by atoms with Crippen LogP contribution in [0.15, 0.2) is 0 Å². The molecule has 0 radical (unpaired) electrons. The lowest BCUT2D eigenvalue weighted by atomic mass is 10.2. The van der Waals surface area contributed by atoms with Gasteiger partial charge in [-0.1, -0.05) is 18.5 Å². The van der Waals surface area contributed by atoms with Gasteiger partial charge in [-0.3, -0.25) is 4.68 Å². The first kappa shape index (κ1) is 14.8. The SMILES string of the molecule is CCC(Cl)CCNCc1c(Cl)c(C)nn1CC. The molecule has 0 fully saturated rings. The lowest BCUT2D eigenvalue weighted by Crippen LogP contribution is -2.20. The van der Waals surface area contributed by atoms with Crippen molar-refractivity contribution in [3.8, 4) is 0 Å². The van der Waals surface area contributed by atoms with Gasteiger partial charge < -0.3 is 5.32 Å². The number of nitrogens with one attached hydrogen (secondary N) is 1. The van der Waals surface area contributed by atoms with Crippen LogP contribution < -0.4 is 5.32 Å². The summed E-state index contributed by atoms with van der Waals surface area (Å²) in [5.41, 5.74) is 1.96. The number of alkyl halides is 1. The highest BCUT2D eigenvalue weighted by Gasteiger charge is 2.11. The van der Waals surface area contributed by atoms with E-state index in [0.29, 0.717) is 0 Å². The average molecular weight is 278 g/mol. The van der Waals surface area contributed by atoms with Crippen molar-refractivity contribution in [2.75, 3.05) is 6.54 Å². The van der Waals surface area contributed by atoms with Crippen molar-refractivity contribution in [3.63, 3.8) is 0 Å². The van der Waals surface area contributed by atoms with Gasteiger partial charge in [0.15, 0.2) is 0 Å². The number of halogens is 2. The summed E-state index contributed by atoms with van der Waals surface area (Å²) in [6.45, 7) is 8.61. The summed E-state index contributed by atoms with van der Waals surface area (Å²) in [7, 11) is 0. The van der Waals surface area contributed by atoms with Gasteiger partial charge >= 0.3 is 0 Å². The van der Waals surface area contributed by atoms with Gasteiger partial charge in [-0.05, 0) is 33.2 Å². The Bertz CT molecular complexity index is 350. The lowest BCUT2D eigenvalue weighted by molar-refractivity contribution is 0.564. The van der Waals surface area contributed by atoms with Crippen LogP contribution in [-0.2, 0) is 13.1 Å². The predicted molar refractivity (Wildman–Crippen MR) is 73.9 cm³/mol. The normalized spacial score (nSPS) is 13.0. The Morgan fingerprint density at radius 3 is 2.71 bits per heavy atom. The molecule has 1 unspecified atom stereocenters. The maximum Gasteiger partial charge on any atom is 0.0860 e. The van der Waals surface area contributed by atoms with Crippen molar-refractivity contribution >= 4 is 23.2 Å². The van der Waals surface area contributed by atoms with E-state index < -0.39 is 0 Å². The molecule has 0 aromatic carbocycles. The number of hydrogen-bond donors (Lipinski definition) is 1. The second-order valence-electron chi connectivity index (χ2n) is 4.13. The van der Waals surface area contributed by atoms with Gasteiger partial charge in [-0.15, -0.1) is 11.6 Å². The molecule has 98 valence electrons. The molecular formula is C12H21Cl2N3. The van der Waals surface area contributed by atoms with Crippen molar-refractivity contribution in [1.29, 1.82) is 0 Å². The van der Waals surface area contributed by atoms with Gasteiger partial charge in [0.2, 0.25) is 0 Å². The van der Waals surface area contributed by atoms with E-state index in [9.17, 15) is 0 Å². The Labute approximate surface area is 113 Å². The number of hydrogen-bond acceptors (Lipinski definition) is 2. The van der Waals surface area contributed by atoms with Gasteiger partial charge in [0.25, 0.3) is 0 Å². The molecule has 0 aliphatic heterocycles. The summed E-state index contributed by atoms with van der Waals surface area (Å²) in [6.07, 6.45) is 1.99. The van der Waals surface area contributed by atoms with E-state index >= 15 is 0 Å². The van der Waals surface area contributed by atoms with Crippen molar-refractivity contribution in [2.45, 2.75) is 52.1 Å². The highest BCUT2D eigenvalue weighted by atomic mass is 35.5. The molecule has 1 heterocycles. The number of nitrogens with zero attached hydrogens (tertiary/aromatic N) is 2. The van der Waals surface area contributed by atoms with Gasteiger partial charge in [0.1, 0.15) is 0 Å². The molecule has 1 aromatic heterocycles. The summed E-state index contributed by atoms with van der Waals surface area (Å²) < 4.78 is 1.95. The second-order valence-corrected chi connectivity index (χ2v) is 5.13. The van der Waals surface area contributed by atoms with E-state index in [4.69, 9.17) is 23.2 Å². The van der Waals surface area contributed by atoms with Crippen LogP contribution in [-0.4, -0.2) is 21.7 Å². The highest BCUT2D eigenvalue weighted by Crippen LogP contribution is 2.19. The van der Waals surface area contributed by atoms with E-state index in [2.05, 4.69) is 24.3 Å². The Morgan fingerprint density at radius 1 is 1.41 bits per heavy atom. The van der Waals surface area contributed by atoms with Crippen molar-refractivity contribution in [3.05, 3.63) is 16.4 Å². The van der Waals surface area contributed by atoms with E-state index in [1.807, 2.05) is 11.6 Å². The molecule has 1 aromatic rings. The maximum absolute atomic E-state index is 6.21. The third-order valence-electron chi connectivity index (χ3n) is 2.82. The van der Waals surface area contributed by atoms with Crippen molar-refractivity contribution < 1.29 is 0 Å². The quantitative estimate of drug-likeness (QED) is 0.612. The Hall–Kier alpha value is -0.250. The van der Waals surface area contributed by atoms with Crippen molar-refractivity contribution in [2.24, 2.45) is 0 Å². The van der Waals surface area contributed by atoms with Crippen molar-refractivity contribution in [1.82, 2.24) is 15.1 Å². The molecule has 0 bridgehead atoms. The third kappa shape index (κ3) is 4.16. The zero-order valence-electron chi connectivity index (χ0n) is 10.8. The third-order valence-corrected chi connectivity index (χ3v) is 3.84. The molecule has 1 N–H and O–H groups in total. The largest absolute Gasteiger partial charge is 0.311 e. The number of aromatic nitrogens is 2. The minimum Gasteiger partial charge on any atom is -0.311 e. The summed E-state index contributed by atoms with van der Waals surface area (Å²) in [5, 5.41) is 8.78. The molecule has 17 heavy (non-hydrogen) atoms. The molecule has 0 aliphatic carbocycles. The Balaban J connectivity index is 2.46. The standard InChI is InChI=1S/C12H21Cl2N3/c1-4-10(13)6-7-15-8-11-12(14)9(3)16-17(11)5-2/h10,15H,4-8H2,1-3H3. The lowest BCUT2D eigenvalue weighted by Gasteiger charge is -2.09. The molecule has 0 amide bonds. The smallest absolute Gasteiger partial charge is 0.0860 e. The minimum absolute atomic E-state index is 0.260. The molecule has 1 atom stereocenters. The van der Waals surface area contributed by atoms with Crippen LogP contribution in [0.4, 0.5) is 0 Å². The monoisotopic (exact) mass is 277 g/mol. The fourth-order valence-corrected chi connectivity index (χ4v) is 2.02. The molecule has 0 saturated heterocycles. The van der Waals surface area contributed by atoms with Crippen LogP contribution in [0.1, 0.15) is 38.1 Å². The van der Waals surface area contributed by atoms with Crippen LogP contribution >= 0.6 is 23.2 Å². The predicted octanol–water partition coefficient (Wildman–Crippen LogP) is 3.36. The van der Waals surface area contributed by atoms with E-state index in [-0.39, 0.29) is 5.38 Å². The Morgan fingerprint density at radius 2 is 2.12 bits per heavy atom. The molecule has 0 saturated carbocycles. The van der Waals surface area contributed by atoms with Crippen LogP contribution in [0.25, 0.3) is 0 Å². The topological polar surface area (TPSA) is 29.9 Å². The van der Waals surface area contributed by atoms with Gasteiger partial charge in [-0.2, -0.15) is 5.10 Å². The fourth-order valence-electron chi connectivity index (χ4n) is 1.71. The first-order valence-corrected chi connectivity index (χ1v) is 6.98. The van der Waals surface area contributed by atoms with Gasteiger partial charge in [0, 0.05) is 18.5 Å². The first-order valence-electron chi connectivity index (χ1n) is 6.16. The maximum atomic E-state index is 6.21. The molecular weight excluding hydrogens is 257 g/mol. The van der Waals surface area contributed by atoms with Gasteiger partial charge in [-0.25, -0.2) is 0 Å². The fraction of sp³-hybridized carbons (Fsp3) is 0.750. The van der Waals surface area contributed by atoms with E-state index in [0.717, 1.165) is 48.9 Å². The molecule has 0 spiro atoms. The molecule has 1 rings (SSSR count). The Kier molecular flexibility index (Phi) is 6.31. The minimum atomic E-state index is 0.260. The zero-order chi connectivity index (χ0) is 12.8. The number of rotatable bonds is 7. The summed E-state index contributed by atoms with van der Waals surface area (Å²) in [5.74, 6) is 0. The van der Waals surface area contributed by atoms with Crippen LogP contribution in [0.2, 0.25) is 5.02 Å². The summed E-state index contributed by atoms with van der Waals surface area (Å²) in [4.78, 5) is 0. The summed E-state index contributed by atoms with van der Waals surface area (Å²) >= 11 is 12.3. The summed E-state index contributed by atoms with van der Waals surface area (Å²) in [6, 6.07) is 0. The van der Waals surface area contributed by atoms with Gasteiger partial charge in [0.05, 0.1) is 16.4 Å². The zero-order valence-corrected chi connectivity index (χ0v) is 12.3. The van der Waals surface area contributed by atoms with E-state index in [1.165, 1.54) is 0 Å². The molecule has 3 nitrogen and oxygen atoms in total. The first-order chi connectivity index (χ1) is 8.10. The van der Waals surface area contributed by atoms with Crippen LogP contribution in [0.3, 0.4) is 0 Å².